The number of thioether (sulfide) groups is 1. The average Bonchev–Trinajstić information content (AvgIpc) is 2.63. The van der Waals surface area contributed by atoms with Crippen molar-refractivity contribution >= 4 is 17.4 Å². The largest absolute Gasteiger partial charge is 0.495 e. The Kier molecular flexibility index (Phi) is 6.27. The van der Waals surface area contributed by atoms with Crippen LogP contribution < -0.4 is 9.64 Å². The molecule has 0 spiro atoms. The van der Waals surface area contributed by atoms with Crippen molar-refractivity contribution in [3.8, 4) is 5.75 Å². The Morgan fingerprint density at radius 2 is 1.64 bits per heavy atom. The van der Waals surface area contributed by atoms with E-state index in [1.165, 1.54) is 16.1 Å². The first-order chi connectivity index (χ1) is 12.2. The zero-order valence-corrected chi connectivity index (χ0v) is 16.3. The van der Waals surface area contributed by atoms with Crippen LogP contribution in [0.2, 0.25) is 0 Å². The number of hydrogen-bond acceptors (Lipinski definition) is 4. The molecule has 0 aromatic heterocycles. The van der Waals surface area contributed by atoms with Crippen LogP contribution in [0.5, 0.6) is 5.75 Å². The molecule has 3 nitrogen and oxygen atoms in total. The van der Waals surface area contributed by atoms with E-state index in [0.717, 1.165) is 38.5 Å². The molecule has 0 unspecified atom stereocenters. The maximum Gasteiger partial charge on any atom is 0.142 e. The lowest BCUT2D eigenvalue weighted by Crippen LogP contribution is -2.46. The molecule has 0 aliphatic carbocycles. The Balaban J connectivity index is 1.62. The summed E-state index contributed by atoms with van der Waals surface area (Å²) in [5.74, 6) is 0.967. The summed E-state index contributed by atoms with van der Waals surface area (Å²) >= 11 is 1.96. The molecule has 1 saturated heterocycles. The summed E-state index contributed by atoms with van der Waals surface area (Å²) in [7, 11) is 1.75. The molecule has 0 bridgehead atoms. The second-order valence-electron chi connectivity index (χ2n) is 6.71. The smallest absolute Gasteiger partial charge is 0.142 e. The van der Waals surface area contributed by atoms with Gasteiger partial charge >= 0.3 is 0 Å². The molecule has 25 heavy (non-hydrogen) atoms. The highest BCUT2D eigenvalue weighted by Crippen LogP contribution is 2.30. The van der Waals surface area contributed by atoms with E-state index >= 15 is 0 Å². The van der Waals surface area contributed by atoms with Crippen LogP contribution in [0.4, 0.5) is 5.69 Å². The minimum atomic E-state index is 0.614. The lowest BCUT2D eigenvalue weighted by Gasteiger charge is -2.36. The van der Waals surface area contributed by atoms with E-state index in [2.05, 4.69) is 60.0 Å². The van der Waals surface area contributed by atoms with Gasteiger partial charge in [-0.2, -0.15) is 0 Å². The SMILES string of the molecule is COc1ccccc1N1CCN(Cc2ccccc2SC(C)C)CC1. The van der Waals surface area contributed by atoms with Crippen LogP contribution in [-0.4, -0.2) is 43.4 Å². The van der Waals surface area contributed by atoms with Crippen molar-refractivity contribution < 1.29 is 4.74 Å². The Morgan fingerprint density at radius 1 is 0.960 bits per heavy atom. The molecule has 1 aliphatic heterocycles. The normalized spacial score (nSPS) is 15.6. The molecule has 0 N–H and O–H groups in total. The van der Waals surface area contributed by atoms with Gasteiger partial charge in [0, 0.05) is 42.9 Å². The molecule has 0 radical (unpaired) electrons. The number of para-hydroxylation sites is 2. The number of anilines is 1. The van der Waals surface area contributed by atoms with Gasteiger partial charge in [-0.15, -0.1) is 11.8 Å². The number of piperazine rings is 1. The van der Waals surface area contributed by atoms with E-state index in [1.54, 1.807) is 7.11 Å². The molecule has 134 valence electrons. The van der Waals surface area contributed by atoms with Crippen molar-refractivity contribution in [2.24, 2.45) is 0 Å². The second-order valence-corrected chi connectivity index (χ2v) is 8.33. The Hall–Kier alpha value is -1.65. The van der Waals surface area contributed by atoms with E-state index in [9.17, 15) is 0 Å². The molecule has 1 heterocycles. The molecular weight excluding hydrogens is 328 g/mol. The highest BCUT2D eigenvalue weighted by atomic mass is 32.2. The Labute approximate surface area is 156 Å². The van der Waals surface area contributed by atoms with Crippen molar-refractivity contribution in [2.45, 2.75) is 30.5 Å². The molecule has 1 fully saturated rings. The van der Waals surface area contributed by atoms with Gasteiger partial charge in [0.2, 0.25) is 0 Å². The van der Waals surface area contributed by atoms with Crippen LogP contribution in [0.1, 0.15) is 19.4 Å². The minimum Gasteiger partial charge on any atom is -0.495 e. The predicted molar refractivity (Wildman–Crippen MR) is 108 cm³/mol. The molecule has 4 heteroatoms. The number of methoxy groups -OCH3 is 1. The van der Waals surface area contributed by atoms with Crippen LogP contribution in [-0.2, 0) is 6.54 Å². The standard InChI is InChI=1S/C21H28N2OS/c1-17(2)25-21-11-7-4-8-18(21)16-22-12-14-23(15-13-22)19-9-5-6-10-20(19)24-3/h4-11,17H,12-16H2,1-3H3. The van der Waals surface area contributed by atoms with Crippen molar-refractivity contribution in [3.63, 3.8) is 0 Å². The number of ether oxygens (including phenoxy) is 1. The number of nitrogens with zero attached hydrogens (tertiary/aromatic N) is 2. The predicted octanol–water partition coefficient (Wildman–Crippen LogP) is 4.52. The summed E-state index contributed by atoms with van der Waals surface area (Å²) < 4.78 is 5.52. The third-order valence-electron chi connectivity index (χ3n) is 4.53. The summed E-state index contributed by atoms with van der Waals surface area (Å²) in [6, 6.07) is 17.1. The molecule has 0 saturated carbocycles. The fourth-order valence-corrected chi connectivity index (χ4v) is 4.23. The highest BCUT2D eigenvalue weighted by Gasteiger charge is 2.20. The van der Waals surface area contributed by atoms with Gasteiger partial charge in [0.1, 0.15) is 5.75 Å². The van der Waals surface area contributed by atoms with Crippen LogP contribution in [0.15, 0.2) is 53.4 Å². The van der Waals surface area contributed by atoms with Crippen molar-refractivity contribution in [1.29, 1.82) is 0 Å². The molecule has 0 amide bonds. The van der Waals surface area contributed by atoms with Gasteiger partial charge in [0.15, 0.2) is 0 Å². The molecule has 1 aliphatic rings. The first-order valence-corrected chi connectivity index (χ1v) is 9.90. The van der Waals surface area contributed by atoms with Crippen LogP contribution >= 0.6 is 11.8 Å². The lowest BCUT2D eigenvalue weighted by atomic mass is 10.2. The summed E-state index contributed by atoms with van der Waals surface area (Å²) in [4.78, 5) is 6.42. The molecule has 2 aromatic carbocycles. The van der Waals surface area contributed by atoms with Gasteiger partial charge in [-0.05, 0) is 23.8 Å². The van der Waals surface area contributed by atoms with E-state index in [4.69, 9.17) is 4.74 Å². The average molecular weight is 357 g/mol. The van der Waals surface area contributed by atoms with E-state index in [-0.39, 0.29) is 0 Å². The fraction of sp³-hybridized carbons (Fsp3) is 0.429. The minimum absolute atomic E-state index is 0.614. The second kappa shape index (κ2) is 8.63. The van der Waals surface area contributed by atoms with Crippen LogP contribution in [0.25, 0.3) is 0 Å². The molecule has 0 atom stereocenters. The summed E-state index contributed by atoms with van der Waals surface area (Å²) in [5.41, 5.74) is 2.66. The van der Waals surface area contributed by atoms with Gasteiger partial charge in [0.05, 0.1) is 12.8 Å². The first-order valence-electron chi connectivity index (χ1n) is 9.02. The van der Waals surface area contributed by atoms with Gasteiger partial charge in [-0.25, -0.2) is 0 Å². The van der Waals surface area contributed by atoms with E-state index in [0.29, 0.717) is 5.25 Å². The summed E-state index contributed by atoms with van der Waals surface area (Å²) in [6.45, 7) is 9.80. The topological polar surface area (TPSA) is 15.7 Å². The molecule has 2 aromatic rings. The lowest BCUT2D eigenvalue weighted by molar-refractivity contribution is 0.247. The Morgan fingerprint density at radius 3 is 2.36 bits per heavy atom. The Bertz CT molecular complexity index is 681. The molecular formula is C21H28N2OS. The first kappa shape index (κ1) is 18.2. The zero-order valence-electron chi connectivity index (χ0n) is 15.4. The van der Waals surface area contributed by atoms with Crippen molar-refractivity contribution in [2.75, 3.05) is 38.2 Å². The maximum atomic E-state index is 5.52. The van der Waals surface area contributed by atoms with Crippen molar-refractivity contribution in [3.05, 3.63) is 54.1 Å². The van der Waals surface area contributed by atoms with E-state index < -0.39 is 0 Å². The van der Waals surface area contributed by atoms with Crippen LogP contribution in [0.3, 0.4) is 0 Å². The third-order valence-corrected chi connectivity index (χ3v) is 5.65. The fourth-order valence-electron chi connectivity index (χ4n) is 3.28. The summed E-state index contributed by atoms with van der Waals surface area (Å²) in [6.07, 6.45) is 0. The van der Waals surface area contributed by atoms with Gasteiger partial charge in [-0.1, -0.05) is 44.2 Å². The highest BCUT2D eigenvalue weighted by molar-refractivity contribution is 8.00. The van der Waals surface area contributed by atoms with E-state index in [1.807, 2.05) is 23.9 Å². The summed E-state index contributed by atoms with van der Waals surface area (Å²) in [5, 5.41) is 0.614. The molecule has 3 rings (SSSR count). The third kappa shape index (κ3) is 4.71. The van der Waals surface area contributed by atoms with Gasteiger partial charge < -0.3 is 9.64 Å². The number of hydrogen-bond donors (Lipinski definition) is 0. The van der Waals surface area contributed by atoms with Crippen LogP contribution in [0, 0.1) is 0 Å². The number of benzene rings is 2. The number of rotatable bonds is 6. The monoisotopic (exact) mass is 356 g/mol. The quantitative estimate of drug-likeness (QED) is 0.707. The van der Waals surface area contributed by atoms with Gasteiger partial charge in [-0.3, -0.25) is 4.90 Å². The maximum absolute atomic E-state index is 5.52. The van der Waals surface area contributed by atoms with Gasteiger partial charge in [0.25, 0.3) is 0 Å². The van der Waals surface area contributed by atoms with Crippen molar-refractivity contribution in [1.82, 2.24) is 4.90 Å². The zero-order chi connectivity index (χ0) is 17.6.